The van der Waals surface area contributed by atoms with Crippen molar-refractivity contribution >= 4 is 5.91 Å². The van der Waals surface area contributed by atoms with Crippen LogP contribution in [-0.2, 0) is 9.53 Å². The SMILES string of the molecule is CCOCC(=O)N1C(C)CCCC1CN. The minimum Gasteiger partial charge on any atom is -0.372 e. The predicted molar refractivity (Wildman–Crippen MR) is 59.5 cm³/mol. The van der Waals surface area contributed by atoms with Gasteiger partial charge in [0.15, 0.2) is 0 Å². The molecule has 0 saturated carbocycles. The number of nitrogens with two attached hydrogens (primary N) is 1. The van der Waals surface area contributed by atoms with E-state index in [2.05, 4.69) is 6.92 Å². The molecule has 1 amide bonds. The van der Waals surface area contributed by atoms with Crippen LogP contribution >= 0.6 is 0 Å². The van der Waals surface area contributed by atoms with Crippen LogP contribution in [0.1, 0.15) is 33.1 Å². The van der Waals surface area contributed by atoms with Gasteiger partial charge in [-0.25, -0.2) is 0 Å². The van der Waals surface area contributed by atoms with E-state index >= 15 is 0 Å². The van der Waals surface area contributed by atoms with E-state index < -0.39 is 0 Å². The molecule has 4 heteroatoms. The molecule has 1 heterocycles. The van der Waals surface area contributed by atoms with E-state index in [0.29, 0.717) is 19.2 Å². The molecular weight excluding hydrogens is 192 g/mol. The van der Waals surface area contributed by atoms with E-state index in [-0.39, 0.29) is 18.6 Å². The van der Waals surface area contributed by atoms with Crippen LogP contribution in [0.15, 0.2) is 0 Å². The fraction of sp³-hybridized carbons (Fsp3) is 0.909. The van der Waals surface area contributed by atoms with Crippen molar-refractivity contribution in [1.29, 1.82) is 0 Å². The molecule has 2 N–H and O–H groups in total. The highest BCUT2D eigenvalue weighted by atomic mass is 16.5. The number of likely N-dealkylation sites (tertiary alicyclic amines) is 1. The number of piperidine rings is 1. The minimum absolute atomic E-state index is 0.0829. The second-order valence-electron chi connectivity index (χ2n) is 4.11. The van der Waals surface area contributed by atoms with Crippen molar-refractivity contribution < 1.29 is 9.53 Å². The van der Waals surface area contributed by atoms with Crippen molar-refractivity contribution in [2.75, 3.05) is 19.8 Å². The number of carbonyl (C=O) groups excluding carboxylic acids is 1. The molecule has 1 aliphatic heterocycles. The van der Waals surface area contributed by atoms with Crippen LogP contribution in [0.5, 0.6) is 0 Å². The molecule has 0 aromatic heterocycles. The molecule has 1 fully saturated rings. The van der Waals surface area contributed by atoms with Crippen LogP contribution in [0.25, 0.3) is 0 Å². The first-order valence-electron chi connectivity index (χ1n) is 5.79. The summed E-state index contributed by atoms with van der Waals surface area (Å²) in [6, 6.07) is 0.516. The zero-order chi connectivity index (χ0) is 11.3. The number of amides is 1. The maximum atomic E-state index is 11.9. The first-order valence-corrected chi connectivity index (χ1v) is 5.79. The quantitative estimate of drug-likeness (QED) is 0.751. The molecule has 0 bridgehead atoms. The predicted octanol–water partition coefficient (Wildman–Crippen LogP) is 0.751. The summed E-state index contributed by atoms with van der Waals surface area (Å²) in [6.07, 6.45) is 3.27. The van der Waals surface area contributed by atoms with Gasteiger partial charge in [0.05, 0.1) is 0 Å². The summed E-state index contributed by atoms with van der Waals surface area (Å²) in [7, 11) is 0. The highest BCUT2D eigenvalue weighted by Gasteiger charge is 2.30. The Morgan fingerprint density at radius 3 is 2.87 bits per heavy atom. The van der Waals surface area contributed by atoms with Gasteiger partial charge in [-0.05, 0) is 33.1 Å². The van der Waals surface area contributed by atoms with E-state index in [1.165, 1.54) is 6.42 Å². The molecule has 0 radical (unpaired) electrons. The third-order valence-electron chi connectivity index (χ3n) is 3.02. The Bertz CT molecular complexity index is 209. The van der Waals surface area contributed by atoms with Crippen molar-refractivity contribution in [2.45, 2.75) is 45.2 Å². The lowest BCUT2D eigenvalue weighted by atomic mass is 9.96. The Labute approximate surface area is 91.8 Å². The fourth-order valence-corrected chi connectivity index (χ4v) is 2.23. The third-order valence-corrected chi connectivity index (χ3v) is 3.02. The van der Waals surface area contributed by atoms with Gasteiger partial charge < -0.3 is 15.4 Å². The molecule has 1 aliphatic rings. The summed E-state index contributed by atoms with van der Waals surface area (Å²) in [5, 5.41) is 0. The third kappa shape index (κ3) is 3.18. The van der Waals surface area contributed by atoms with E-state index in [0.717, 1.165) is 12.8 Å². The lowest BCUT2D eigenvalue weighted by molar-refractivity contribution is -0.142. The Hall–Kier alpha value is -0.610. The molecule has 1 rings (SSSR count). The number of ether oxygens (including phenoxy) is 1. The van der Waals surface area contributed by atoms with Gasteiger partial charge in [-0.2, -0.15) is 0 Å². The summed E-state index contributed by atoms with van der Waals surface area (Å²) < 4.78 is 5.16. The van der Waals surface area contributed by atoms with Crippen molar-refractivity contribution in [2.24, 2.45) is 5.73 Å². The molecule has 1 saturated heterocycles. The Kier molecular flexibility index (Phi) is 5.05. The smallest absolute Gasteiger partial charge is 0.249 e. The van der Waals surface area contributed by atoms with Crippen LogP contribution in [-0.4, -0.2) is 42.6 Å². The summed E-state index contributed by atoms with van der Waals surface area (Å²) >= 11 is 0. The zero-order valence-corrected chi connectivity index (χ0v) is 9.74. The summed E-state index contributed by atoms with van der Waals surface area (Å²) in [4.78, 5) is 13.8. The summed E-state index contributed by atoms with van der Waals surface area (Å²) in [6.45, 7) is 5.32. The Morgan fingerprint density at radius 1 is 1.53 bits per heavy atom. The fourth-order valence-electron chi connectivity index (χ4n) is 2.23. The van der Waals surface area contributed by atoms with Crippen molar-refractivity contribution in [3.05, 3.63) is 0 Å². The van der Waals surface area contributed by atoms with Crippen molar-refractivity contribution in [3.8, 4) is 0 Å². The maximum Gasteiger partial charge on any atom is 0.249 e. The Morgan fingerprint density at radius 2 is 2.27 bits per heavy atom. The monoisotopic (exact) mass is 214 g/mol. The molecule has 2 atom stereocenters. The van der Waals surface area contributed by atoms with Crippen molar-refractivity contribution in [3.63, 3.8) is 0 Å². The van der Waals surface area contributed by atoms with Crippen LogP contribution in [0.2, 0.25) is 0 Å². The summed E-state index contributed by atoms with van der Waals surface area (Å²) in [5.41, 5.74) is 5.69. The van der Waals surface area contributed by atoms with Crippen LogP contribution in [0.4, 0.5) is 0 Å². The molecule has 88 valence electrons. The average Bonchev–Trinajstić information content (AvgIpc) is 2.25. The van der Waals surface area contributed by atoms with Gasteiger partial charge >= 0.3 is 0 Å². The maximum absolute atomic E-state index is 11.9. The topological polar surface area (TPSA) is 55.6 Å². The number of hydrogen-bond donors (Lipinski definition) is 1. The highest BCUT2D eigenvalue weighted by molar-refractivity contribution is 5.78. The standard InChI is InChI=1S/C11H22N2O2/c1-3-15-8-11(14)13-9(2)5-4-6-10(13)7-12/h9-10H,3-8,12H2,1-2H3. The number of hydrogen-bond acceptors (Lipinski definition) is 3. The van der Waals surface area contributed by atoms with Gasteiger partial charge in [0.25, 0.3) is 0 Å². The molecule has 0 aliphatic carbocycles. The molecule has 0 aromatic rings. The van der Waals surface area contributed by atoms with Gasteiger partial charge in [0.2, 0.25) is 5.91 Å². The lowest BCUT2D eigenvalue weighted by Crippen LogP contribution is -2.53. The van der Waals surface area contributed by atoms with E-state index in [9.17, 15) is 4.79 Å². The molecule has 2 unspecified atom stereocenters. The number of nitrogens with zero attached hydrogens (tertiary/aromatic N) is 1. The van der Waals surface area contributed by atoms with Gasteiger partial charge in [0.1, 0.15) is 6.61 Å². The van der Waals surface area contributed by atoms with Gasteiger partial charge in [-0.1, -0.05) is 0 Å². The Balaban J connectivity index is 2.56. The average molecular weight is 214 g/mol. The van der Waals surface area contributed by atoms with Gasteiger partial charge in [-0.3, -0.25) is 4.79 Å². The highest BCUT2D eigenvalue weighted by Crippen LogP contribution is 2.22. The van der Waals surface area contributed by atoms with E-state index in [1.807, 2.05) is 11.8 Å². The summed E-state index contributed by atoms with van der Waals surface area (Å²) in [5.74, 6) is 0.0829. The first-order chi connectivity index (χ1) is 7.20. The van der Waals surface area contributed by atoms with E-state index in [1.54, 1.807) is 0 Å². The molecule has 15 heavy (non-hydrogen) atoms. The molecule has 4 nitrogen and oxygen atoms in total. The minimum atomic E-state index is 0.0829. The second kappa shape index (κ2) is 6.08. The zero-order valence-electron chi connectivity index (χ0n) is 9.74. The van der Waals surface area contributed by atoms with Crippen molar-refractivity contribution in [1.82, 2.24) is 4.90 Å². The van der Waals surface area contributed by atoms with Crippen LogP contribution in [0, 0.1) is 0 Å². The largest absolute Gasteiger partial charge is 0.372 e. The van der Waals surface area contributed by atoms with Gasteiger partial charge in [0, 0.05) is 25.2 Å². The van der Waals surface area contributed by atoms with E-state index in [4.69, 9.17) is 10.5 Å². The normalized spacial score (nSPS) is 26.7. The lowest BCUT2D eigenvalue weighted by Gasteiger charge is -2.40. The number of carbonyl (C=O) groups is 1. The number of rotatable bonds is 4. The van der Waals surface area contributed by atoms with Crippen LogP contribution < -0.4 is 5.73 Å². The second-order valence-corrected chi connectivity index (χ2v) is 4.11. The van der Waals surface area contributed by atoms with Gasteiger partial charge in [-0.15, -0.1) is 0 Å². The molecule has 0 spiro atoms. The first kappa shape index (κ1) is 12.5. The van der Waals surface area contributed by atoms with Crippen LogP contribution in [0.3, 0.4) is 0 Å². The molecule has 0 aromatic carbocycles. The molecular formula is C11H22N2O2.